The van der Waals surface area contributed by atoms with Gasteiger partial charge in [0.15, 0.2) is 0 Å². The molecule has 246 valence electrons. The Hall–Kier alpha value is -6.06. The van der Waals surface area contributed by atoms with Gasteiger partial charge in [0.25, 0.3) is 0 Å². The number of para-hydroxylation sites is 1. The molecule has 2 aliphatic rings. The number of benzene rings is 5. The Bertz CT molecular complexity index is 2820. The molecule has 0 spiro atoms. The molecule has 0 amide bonds. The van der Waals surface area contributed by atoms with Crippen molar-refractivity contribution < 1.29 is 4.42 Å². The highest BCUT2D eigenvalue weighted by Crippen LogP contribution is 2.43. The van der Waals surface area contributed by atoms with Crippen LogP contribution in [-0.2, 0) is 0 Å². The van der Waals surface area contributed by atoms with Gasteiger partial charge >= 0.3 is 0 Å². The quantitative estimate of drug-likeness (QED) is 0.163. The van der Waals surface area contributed by atoms with Crippen LogP contribution in [0.4, 0.5) is 0 Å². The number of rotatable bonds is 6. The summed E-state index contributed by atoms with van der Waals surface area (Å²) in [7, 11) is 0. The first-order chi connectivity index (χ1) is 25.2. The molecule has 10 rings (SSSR count). The van der Waals surface area contributed by atoms with Crippen LogP contribution in [0.15, 0.2) is 150 Å². The summed E-state index contributed by atoms with van der Waals surface area (Å²) in [6.07, 6.45) is 18.6. The fourth-order valence-electron chi connectivity index (χ4n) is 8.46. The van der Waals surface area contributed by atoms with Crippen LogP contribution in [0.25, 0.3) is 77.6 Å². The van der Waals surface area contributed by atoms with Gasteiger partial charge in [0.2, 0.25) is 0 Å². The van der Waals surface area contributed by atoms with E-state index in [1.165, 1.54) is 85.3 Å². The predicted octanol–water partition coefficient (Wildman–Crippen LogP) is 13.3. The average Bonchev–Trinajstić information content (AvgIpc) is 3.76. The first-order valence-corrected chi connectivity index (χ1v) is 18.2. The van der Waals surface area contributed by atoms with Gasteiger partial charge in [0.1, 0.15) is 11.3 Å². The van der Waals surface area contributed by atoms with Crippen molar-refractivity contribution in [2.75, 3.05) is 0 Å². The van der Waals surface area contributed by atoms with Crippen molar-refractivity contribution in [3.8, 4) is 5.69 Å². The van der Waals surface area contributed by atoms with E-state index < -0.39 is 0 Å². The molecule has 0 aliphatic heterocycles. The van der Waals surface area contributed by atoms with Crippen molar-refractivity contribution in [2.24, 2.45) is 0 Å². The van der Waals surface area contributed by atoms with Gasteiger partial charge in [-0.05, 0) is 104 Å². The van der Waals surface area contributed by atoms with Gasteiger partial charge in [-0.1, -0.05) is 103 Å². The van der Waals surface area contributed by atoms with Crippen molar-refractivity contribution in [2.45, 2.75) is 39.0 Å². The Labute approximate surface area is 297 Å². The van der Waals surface area contributed by atoms with Crippen LogP contribution in [-0.4, -0.2) is 9.13 Å². The zero-order chi connectivity index (χ0) is 34.1. The number of nitrogens with zero attached hydrogens (tertiary/aromatic N) is 2. The van der Waals surface area contributed by atoms with Crippen molar-refractivity contribution in [3.05, 3.63) is 168 Å². The molecular weight excluding hydrogens is 621 g/mol. The highest BCUT2D eigenvalue weighted by atomic mass is 16.3. The topological polar surface area (TPSA) is 23.0 Å². The smallest absolute Gasteiger partial charge is 0.135 e. The van der Waals surface area contributed by atoms with Crippen molar-refractivity contribution in [3.63, 3.8) is 0 Å². The van der Waals surface area contributed by atoms with Gasteiger partial charge in [-0.3, -0.25) is 0 Å². The van der Waals surface area contributed by atoms with E-state index in [4.69, 9.17) is 4.42 Å². The largest absolute Gasteiger partial charge is 0.461 e. The molecule has 1 fully saturated rings. The van der Waals surface area contributed by atoms with Crippen LogP contribution in [0.2, 0.25) is 0 Å². The van der Waals surface area contributed by atoms with E-state index in [2.05, 4.69) is 143 Å². The molecule has 5 aromatic carbocycles. The molecule has 0 N–H and O–H groups in total. The van der Waals surface area contributed by atoms with E-state index >= 15 is 0 Å². The molecule has 3 nitrogen and oxygen atoms in total. The van der Waals surface area contributed by atoms with E-state index in [1.807, 2.05) is 19.1 Å². The lowest BCUT2D eigenvalue weighted by Crippen LogP contribution is -2.03. The number of allylic oxidation sites excluding steroid dienone is 7. The number of fused-ring (bicyclic) bond motifs is 7. The van der Waals surface area contributed by atoms with Crippen molar-refractivity contribution >= 4 is 71.9 Å². The minimum Gasteiger partial charge on any atom is -0.461 e. The van der Waals surface area contributed by atoms with Gasteiger partial charge in [0.05, 0.1) is 22.1 Å². The Morgan fingerprint density at radius 1 is 0.686 bits per heavy atom. The van der Waals surface area contributed by atoms with Crippen LogP contribution < -0.4 is 0 Å². The second-order valence-corrected chi connectivity index (χ2v) is 14.0. The first-order valence-electron chi connectivity index (χ1n) is 18.2. The molecule has 0 radical (unpaired) electrons. The van der Waals surface area contributed by atoms with Gasteiger partial charge in [-0.15, -0.1) is 0 Å². The molecule has 1 saturated carbocycles. The lowest BCUT2D eigenvalue weighted by molar-refractivity contribution is 0.578. The molecular formula is C48H38N2O. The highest BCUT2D eigenvalue weighted by molar-refractivity contribution is 6.21. The van der Waals surface area contributed by atoms with Crippen molar-refractivity contribution in [1.29, 1.82) is 0 Å². The standard InChI is InChI=1S/C48H38N2O/c1-3-4-20-37-31(2)51-47-30-41-40-28-44-39(38-21-11-12-22-43(38)49(44)35-18-9-6-10-19-35)27-45(40)50(46(41)29-42(37)47)36-25-23-34(24-26-36)48(33-16-13-17-33)32-14-7-5-8-15-32/h3-5,7-9,11-12,14-15,18-30H,1,6,10,13,16-17H2,2H3/b20-4-. The molecule has 0 atom stereocenters. The third-order valence-corrected chi connectivity index (χ3v) is 11.0. The van der Waals surface area contributed by atoms with Crippen LogP contribution in [0.3, 0.4) is 0 Å². The lowest BCUT2D eigenvalue weighted by Gasteiger charge is -2.23. The van der Waals surface area contributed by atoms with Gasteiger partial charge in [-0.2, -0.15) is 0 Å². The maximum absolute atomic E-state index is 6.42. The summed E-state index contributed by atoms with van der Waals surface area (Å²) in [4.78, 5) is 0. The van der Waals surface area contributed by atoms with E-state index in [9.17, 15) is 0 Å². The molecule has 3 aromatic heterocycles. The van der Waals surface area contributed by atoms with Gasteiger partial charge < -0.3 is 13.6 Å². The normalized spacial score (nSPS) is 14.8. The van der Waals surface area contributed by atoms with Gasteiger partial charge in [-0.25, -0.2) is 0 Å². The molecule has 2 aliphatic carbocycles. The molecule has 0 unspecified atom stereocenters. The predicted molar refractivity (Wildman–Crippen MR) is 216 cm³/mol. The lowest BCUT2D eigenvalue weighted by atomic mass is 9.82. The molecule has 51 heavy (non-hydrogen) atoms. The maximum Gasteiger partial charge on any atom is 0.135 e. The molecule has 3 heterocycles. The molecule has 8 aromatic rings. The average molecular weight is 659 g/mol. The second-order valence-electron chi connectivity index (χ2n) is 14.0. The minimum atomic E-state index is 0.899. The Balaban J connectivity index is 1.27. The first kappa shape index (κ1) is 29.8. The van der Waals surface area contributed by atoms with Gasteiger partial charge in [0, 0.05) is 43.9 Å². The summed E-state index contributed by atoms with van der Waals surface area (Å²) in [5.74, 6) is 0.909. The summed E-state index contributed by atoms with van der Waals surface area (Å²) < 4.78 is 11.3. The SMILES string of the molecule is C=C/C=C\c1c(C)oc2cc3c4cc5c(cc4n(-c4ccc(C(=C6CCC6)c6ccccc6)cc4)c3cc12)c1ccccc1n5C1=CCCC=C1. The number of aromatic nitrogens is 2. The minimum absolute atomic E-state index is 0.899. The number of hydrogen-bond acceptors (Lipinski definition) is 1. The van der Waals surface area contributed by atoms with E-state index in [0.717, 1.165) is 40.8 Å². The number of hydrogen-bond donors (Lipinski definition) is 0. The fraction of sp³-hybridized carbons (Fsp3) is 0.125. The third kappa shape index (κ3) is 4.65. The zero-order valence-corrected chi connectivity index (χ0v) is 28.8. The van der Waals surface area contributed by atoms with Crippen LogP contribution in [0.1, 0.15) is 54.6 Å². The number of furan rings is 1. The van der Waals surface area contributed by atoms with Crippen LogP contribution >= 0.6 is 0 Å². The summed E-state index contributed by atoms with van der Waals surface area (Å²) >= 11 is 0. The second kappa shape index (κ2) is 11.8. The van der Waals surface area contributed by atoms with Crippen LogP contribution in [0.5, 0.6) is 0 Å². The monoisotopic (exact) mass is 658 g/mol. The highest BCUT2D eigenvalue weighted by Gasteiger charge is 2.22. The van der Waals surface area contributed by atoms with E-state index in [1.54, 1.807) is 5.57 Å². The summed E-state index contributed by atoms with van der Waals surface area (Å²) in [6.45, 7) is 5.96. The number of aryl methyl sites for hydroxylation is 1. The third-order valence-electron chi connectivity index (χ3n) is 11.0. The Kier molecular flexibility index (Phi) is 6.89. The summed E-state index contributed by atoms with van der Waals surface area (Å²) in [5.41, 5.74) is 14.7. The molecule has 0 bridgehead atoms. The summed E-state index contributed by atoms with van der Waals surface area (Å²) in [6, 6.07) is 38.4. The van der Waals surface area contributed by atoms with Crippen molar-refractivity contribution in [1.82, 2.24) is 9.13 Å². The van der Waals surface area contributed by atoms with E-state index in [-0.39, 0.29) is 0 Å². The Morgan fingerprint density at radius 2 is 1.37 bits per heavy atom. The Morgan fingerprint density at radius 3 is 2.10 bits per heavy atom. The zero-order valence-electron chi connectivity index (χ0n) is 28.8. The molecule has 0 saturated heterocycles. The molecule has 3 heteroatoms. The van der Waals surface area contributed by atoms with E-state index in [0.29, 0.717) is 0 Å². The summed E-state index contributed by atoms with van der Waals surface area (Å²) in [5, 5.41) is 6.03. The fourth-order valence-corrected chi connectivity index (χ4v) is 8.46. The van der Waals surface area contributed by atoms with Crippen LogP contribution in [0, 0.1) is 6.92 Å². The maximum atomic E-state index is 6.42.